The largest absolute Gasteiger partial charge is 0.491 e. The molecule has 0 unspecified atom stereocenters. The molecule has 4 heteroatoms. The molecule has 2 N–H and O–H groups in total. The van der Waals surface area contributed by atoms with E-state index in [0.717, 1.165) is 17.9 Å². The highest BCUT2D eigenvalue weighted by atomic mass is 32.1. The molecule has 0 fully saturated rings. The molecule has 0 heterocycles. The van der Waals surface area contributed by atoms with Crippen molar-refractivity contribution in [3.63, 3.8) is 0 Å². The van der Waals surface area contributed by atoms with Crippen molar-refractivity contribution in [2.75, 3.05) is 5.32 Å². The molecule has 0 aliphatic rings. The maximum atomic E-state index is 5.73. The Bertz CT molecular complexity index is 713. The van der Waals surface area contributed by atoms with Gasteiger partial charge in [0.25, 0.3) is 0 Å². The molecule has 2 aromatic carbocycles. The third kappa shape index (κ3) is 6.34. The third-order valence-electron chi connectivity index (χ3n) is 4.21. The molecule has 3 nitrogen and oxygen atoms in total. The van der Waals surface area contributed by atoms with Crippen LogP contribution in [-0.2, 0) is 5.41 Å². The molecular weight excluding hydrogens is 340 g/mol. The van der Waals surface area contributed by atoms with E-state index in [1.807, 2.05) is 38.1 Å². The van der Waals surface area contributed by atoms with Gasteiger partial charge in [-0.25, -0.2) is 0 Å². The van der Waals surface area contributed by atoms with Crippen LogP contribution >= 0.6 is 12.2 Å². The van der Waals surface area contributed by atoms with Gasteiger partial charge in [0.05, 0.1) is 6.10 Å². The highest BCUT2D eigenvalue weighted by molar-refractivity contribution is 7.80. The molecule has 2 aromatic rings. The zero-order valence-corrected chi connectivity index (χ0v) is 17.2. The number of ether oxygens (including phenoxy) is 1. The van der Waals surface area contributed by atoms with Gasteiger partial charge in [0.2, 0.25) is 0 Å². The smallest absolute Gasteiger partial charge is 0.170 e. The lowest BCUT2D eigenvalue weighted by atomic mass is 9.79. The van der Waals surface area contributed by atoms with E-state index in [4.69, 9.17) is 17.0 Å². The number of nitrogens with one attached hydrogen (secondary N) is 2. The molecule has 0 saturated heterocycles. The van der Waals surface area contributed by atoms with Crippen molar-refractivity contribution in [2.24, 2.45) is 0 Å². The van der Waals surface area contributed by atoms with Crippen molar-refractivity contribution in [2.45, 2.75) is 58.6 Å². The van der Waals surface area contributed by atoms with Gasteiger partial charge in [-0.3, -0.25) is 0 Å². The standard InChI is InChI=1S/C22H30N2OS/c1-16(2)25-20-13-9-12-19(14-20)24-21(26)23-17(3)15-22(4,5)18-10-7-6-8-11-18/h6-14,16-17H,15H2,1-5H3,(H2,23,24,26)/t17-/m0/s1. The number of thiocarbonyl (C=S) groups is 1. The first-order valence-corrected chi connectivity index (χ1v) is 9.57. The van der Waals surface area contributed by atoms with E-state index in [0.29, 0.717) is 5.11 Å². The van der Waals surface area contributed by atoms with E-state index in [2.05, 4.69) is 61.7 Å². The topological polar surface area (TPSA) is 33.3 Å². The Hall–Kier alpha value is -2.07. The first kappa shape index (κ1) is 20.2. The van der Waals surface area contributed by atoms with Gasteiger partial charge in [0.15, 0.2) is 5.11 Å². The van der Waals surface area contributed by atoms with Gasteiger partial charge in [0, 0.05) is 17.8 Å². The fourth-order valence-corrected chi connectivity index (χ4v) is 3.45. The highest BCUT2D eigenvalue weighted by Crippen LogP contribution is 2.28. The summed E-state index contributed by atoms with van der Waals surface area (Å²) in [5.74, 6) is 0.839. The molecule has 0 bridgehead atoms. The summed E-state index contributed by atoms with van der Waals surface area (Å²) in [6, 6.07) is 18.7. The van der Waals surface area contributed by atoms with Crippen LogP contribution in [0.15, 0.2) is 54.6 Å². The number of hydrogen-bond acceptors (Lipinski definition) is 2. The van der Waals surface area contributed by atoms with E-state index in [9.17, 15) is 0 Å². The lowest BCUT2D eigenvalue weighted by Crippen LogP contribution is -2.39. The first-order valence-electron chi connectivity index (χ1n) is 9.16. The normalized spacial score (nSPS) is 12.5. The van der Waals surface area contributed by atoms with Gasteiger partial charge < -0.3 is 15.4 Å². The summed E-state index contributed by atoms with van der Waals surface area (Å²) in [6.45, 7) is 10.7. The maximum Gasteiger partial charge on any atom is 0.170 e. The van der Waals surface area contributed by atoms with E-state index >= 15 is 0 Å². The van der Waals surface area contributed by atoms with E-state index in [-0.39, 0.29) is 17.6 Å². The predicted octanol–water partition coefficient (Wildman–Crippen LogP) is 5.52. The van der Waals surface area contributed by atoms with E-state index in [1.165, 1.54) is 5.56 Å². The van der Waals surface area contributed by atoms with Crippen molar-refractivity contribution in [1.82, 2.24) is 5.32 Å². The summed E-state index contributed by atoms with van der Waals surface area (Å²) in [6.07, 6.45) is 1.13. The van der Waals surface area contributed by atoms with Crippen LogP contribution < -0.4 is 15.4 Å². The highest BCUT2D eigenvalue weighted by Gasteiger charge is 2.23. The average Bonchev–Trinajstić information content (AvgIpc) is 2.54. The average molecular weight is 371 g/mol. The number of anilines is 1. The van der Waals surface area contributed by atoms with Gasteiger partial charge in [-0.05, 0) is 62.5 Å². The summed E-state index contributed by atoms with van der Waals surface area (Å²) >= 11 is 5.49. The molecule has 26 heavy (non-hydrogen) atoms. The maximum absolute atomic E-state index is 5.73. The summed E-state index contributed by atoms with van der Waals surface area (Å²) in [5, 5.41) is 7.27. The zero-order chi connectivity index (χ0) is 19.2. The Morgan fingerprint density at radius 3 is 2.38 bits per heavy atom. The SMILES string of the molecule is CC(C)Oc1cccc(NC(=S)N[C@@H](C)CC(C)(C)c2ccccc2)c1. The molecule has 0 radical (unpaired) electrons. The number of hydrogen-bond donors (Lipinski definition) is 2. The van der Waals surface area contributed by atoms with Crippen LogP contribution in [0.3, 0.4) is 0 Å². The first-order chi connectivity index (χ1) is 12.3. The molecule has 0 aromatic heterocycles. The lowest BCUT2D eigenvalue weighted by Gasteiger charge is -2.29. The Kier molecular flexibility index (Phi) is 7.04. The minimum absolute atomic E-state index is 0.0777. The van der Waals surface area contributed by atoms with Crippen LogP contribution in [0, 0.1) is 0 Å². The van der Waals surface area contributed by atoms with Crippen LogP contribution in [0.2, 0.25) is 0 Å². The van der Waals surface area contributed by atoms with Crippen LogP contribution in [0.25, 0.3) is 0 Å². The zero-order valence-electron chi connectivity index (χ0n) is 16.4. The Balaban J connectivity index is 1.91. The van der Waals surface area contributed by atoms with Gasteiger partial charge >= 0.3 is 0 Å². The Morgan fingerprint density at radius 1 is 1.04 bits per heavy atom. The van der Waals surface area contributed by atoms with Crippen molar-refractivity contribution < 1.29 is 4.74 Å². The second-order valence-electron chi connectivity index (χ2n) is 7.65. The Morgan fingerprint density at radius 2 is 1.73 bits per heavy atom. The van der Waals surface area contributed by atoms with Crippen molar-refractivity contribution in [3.05, 3.63) is 60.2 Å². The third-order valence-corrected chi connectivity index (χ3v) is 4.43. The molecule has 0 aliphatic heterocycles. The van der Waals surface area contributed by atoms with Crippen LogP contribution in [0.1, 0.15) is 46.6 Å². The molecule has 0 aliphatic carbocycles. The van der Waals surface area contributed by atoms with Gasteiger partial charge in [0.1, 0.15) is 5.75 Å². The number of rotatable bonds is 7. The van der Waals surface area contributed by atoms with E-state index in [1.54, 1.807) is 0 Å². The summed E-state index contributed by atoms with van der Waals surface area (Å²) in [7, 11) is 0. The molecular formula is C22H30N2OS. The number of benzene rings is 2. The molecule has 140 valence electrons. The van der Waals surface area contributed by atoms with Crippen molar-refractivity contribution in [3.8, 4) is 5.75 Å². The fraction of sp³-hybridized carbons (Fsp3) is 0.409. The Labute approximate surface area is 163 Å². The van der Waals surface area contributed by atoms with Gasteiger partial charge in [-0.1, -0.05) is 50.2 Å². The minimum atomic E-state index is 0.0777. The van der Waals surface area contributed by atoms with Crippen molar-refractivity contribution >= 4 is 23.0 Å². The monoisotopic (exact) mass is 370 g/mol. The minimum Gasteiger partial charge on any atom is -0.491 e. The fourth-order valence-electron chi connectivity index (χ4n) is 3.13. The van der Waals surface area contributed by atoms with Crippen LogP contribution in [0.5, 0.6) is 5.75 Å². The molecule has 1 atom stereocenters. The van der Waals surface area contributed by atoms with Crippen LogP contribution in [0.4, 0.5) is 5.69 Å². The summed E-state index contributed by atoms with van der Waals surface area (Å²) in [4.78, 5) is 0. The summed E-state index contributed by atoms with van der Waals surface area (Å²) in [5.41, 5.74) is 2.34. The molecule has 0 spiro atoms. The van der Waals surface area contributed by atoms with E-state index < -0.39 is 0 Å². The lowest BCUT2D eigenvalue weighted by molar-refractivity contribution is 0.242. The second kappa shape index (κ2) is 9.04. The quantitative estimate of drug-likeness (QED) is 0.629. The van der Waals surface area contributed by atoms with Crippen LogP contribution in [-0.4, -0.2) is 17.3 Å². The second-order valence-corrected chi connectivity index (χ2v) is 8.06. The molecule has 2 rings (SSSR count). The van der Waals surface area contributed by atoms with Gasteiger partial charge in [-0.2, -0.15) is 0 Å². The van der Waals surface area contributed by atoms with Crippen molar-refractivity contribution in [1.29, 1.82) is 0 Å². The molecule has 0 amide bonds. The molecule has 0 saturated carbocycles. The predicted molar refractivity (Wildman–Crippen MR) is 115 cm³/mol. The van der Waals surface area contributed by atoms with Gasteiger partial charge in [-0.15, -0.1) is 0 Å². The summed E-state index contributed by atoms with van der Waals surface area (Å²) < 4.78 is 5.73.